The van der Waals surface area contributed by atoms with Crippen LogP contribution in [0.1, 0.15) is 22.3 Å². The van der Waals surface area contributed by atoms with E-state index < -0.39 is 46.5 Å². The quantitative estimate of drug-likeness (QED) is 0.332. The number of carbonyl (C=O) groups is 2. The van der Waals surface area contributed by atoms with Crippen LogP contribution in [0.15, 0.2) is 41.6 Å². The Morgan fingerprint density at radius 2 is 2.00 bits per heavy atom. The van der Waals surface area contributed by atoms with Gasteiger partial charge in [0.1, 0.15) is 17.8 Å². The zero-order chi connectivity index (χ0) is 32.2. The fourth-order valence-electron chi connectivity index (χ4n) is 4.74. The molecule has 1 aromatic heterocycles. The standard InChI is InChI=1S/C28H27F3N6O6S/c1-43-24-12-19(44(2,41)42)5-6-22(24)33-8-3-4-17-10-20(25-23(11-17)37(16-34-25)15-28(29,30)31)26(38)35-21-7-9-36(27(39)40)14-18(21)13-32/h5-6,10-12,16,18,21,33H,7-9,14-15H2,1-2H3,(H,35,38)(H,39,40). The number of likely N-dealkylation sites (tertiary alicyclic amines) is 1. The monoisotopic (exact) mass is 632 g/mol. The second-order valence-corrected chi connectivity index (χ2v) is 12.0. The summed E-state index contributed by atoms with van der Waals surface area (Å²) in [4.78, 5) is 29.9. The van der Waals surface area contributed by atoms with Crippen molar-refractivity contribution in [3.8, 4) is 23.7 Å². The lowest BCUT2D eigenvalue weighted by Crippen LogP contribution is -2.51. The summed E-state index contributed by atoms with van der Waals surface area (Å²) in [7, 11) is -2.09. The summed E-state index contributed by atoms with van der Waals surface area (Å²) in [6.07, 6.45) is -3.54. The van der Waals surface area contributed by atoms with Crippen LogP contribution in [-0.4, -0.2) is 85.2 Å². The van der Waals surface area contributed by atoms with Crippen molar-refractivity contribution in [3.63, 3.8) is 0 Å². The fourth-order valence-corrected chi connectivity index (χ4v) is 5.37. The first kappa shape index (κ1) is 32.0. The molecule has 2 heterocycles. The molecule has 232 valence electrons. The van der Waals surface area contributed by atoms with E-state index in [4.69, 9.17) is 4.74 Å². The van der Waals surface area contributed by atoms with E-state index in [-0.39, 0.29) is 58.9 Å². The Labute approximate surface area is 250 Å². The van der Waals surface area contributed by atoms with Gasteiger partial charge in [-0.15, -0.1) is 0 Å². The number of imidazole rings is 1. The maximum Gasteiger partial charge on any atom is 0.407 e. The maximum atomic E-state index is 13.4. The van der Waals surface area contributed by atoms with E-state index in [0.717, 1.165) is 22.1 Å². The van der Waals surface area contributed by atoms with Gasteiger partial charge in [0.15, 0.2) is 9.84 Å². The summed E-state index contributed by atoms with van der Waals surface area (Å²) < 4.78 is 69.6. The summed E-state index contributed by atoms with van der Waals surface area (Å²) in [6, 6.07) is 8.33. The number of piperidine rings is 1. The van der Waals surface area contributed by atoms with Gasteiger partial charge in [-0.3, -0.25) is 4.79 Å². The van der Waals surface area contributed by atoms with Gasteiger partial charge in [0.25, 0.3) is 5.91 Å². The van der Waals surface area contributed by atoms with E-state index in [9.17, 15) is 41.5 Å². The first-order valence-corrected chi connectivity index (χ1v) is 14.9. The highest BCUT2D eigenvalue weighted by Crippen LogP contribution is 2.28. The van der Waals surface area contributed by atoms with Crippen molar-refractivity contribution in [2.75, 3.05) is 38.3 Å². The van der Waals surface area contributed by atoms with Crippen LogP contribution in [0.3, 0.4) is 0 Å². The number of sulfone groups is 1. The number of rotatable bonds is 7. The topological polar surface area (TPSA) is 167 Å². The lowest BCUT2D eigenvalue weighted by molar-refractivity contribution is -0.140. The van der Waals surface area contributed by atoms with Crippen molar-refractivity contribution in [1.29, 1.82) is 5.26 Å². The van der Waals surface area contributed by atoms with Crippen LogP contribution in [-0.2, 0) is 16.4 Å². The molecule has 0 saturated carbocycles. The molecule has 1 aliphatic rings. The highest BCUT2D eigenvalue weighted by molar-refractivity contribution is 7.90. The lowest BCUT2D eigenvalue weighted by atomic mass is 9.93. The van der Waals surface area contributed by atoms with Gasteiger partial charge in [-0.25, -0.2) is 18.2 Å². The number of aromatic nitrogens is 2. The van der Waals surface area contributed by atoms with Gasteiger partial charge in [0.2, 0.25) is 0 Å². The van der Waals surface area contributed by atoms with E-state index >= 15 is 0 Å². The molecule has 3 N–H and O–H groups in total. The predicted molar refractivity (Wildman–Crippen MR) is 152 cm³/mol. The molecule has 2 unspecified atom stereocenters. The Morgan fingerprint density at radius 1 is 1.25 bits per heavy atom. The number of amides is 2. The molecule has 1 aliphatic heterocycles. The minimum Gasteiger partial charge on any atom is -0.495 e. The third-order valence-electron chi connectivity index (χ3n) is 6.89. The molecular formula is C28H27F3N6O6S. The van der Waals surface area contributed by atoms with Gasteiger partial charge in [0, 0.05) is 37.0 Å². The molecule has 2 amide bonds. The average Bonchev–Trinajstić information content (AvgIpc) is 3.35. The Morgan fingerprint density at radius 3 is 2.64 bits per heavy atom. The molecular weight excluding hydrogens is 605 g/mol. The molecule has 0 bridgehead atoms. The van der Waals surface area contributed by atoms with Crippen molar-refractivity contribution >= 4 is 38.6 Å². The normalized spacial score (nSPS) is 16.9. The molecule has 4 rings (SSSR count). The van der Waals surface area contributed by atoms with Gasteiger partial charge >= 0.3 is 12.3 Å². The van der Waals surface area contributed by atoms with E-state index in [1.807, 2.05) is 6.07 Å². The van der Waals surface area contributed by atoms with Gasteiger partial charge in [-0.1, -0.05) is 11.8 Å². The molecule has 12 nitrogen and oxygen atoms in total. The summed E-state index contributed by atoms with van der Waals surface area (Å²) >= 11 is 0. The van der Waals surface area contributed by atoms with Crippen molar-refractivity contribution < 1.29 is 41.0 Å². The number of carboxylic acid groups (broad SMARTS) is 1. The fraction of sp³-hybridized carbons (Fsp3) is 0.357. The third-order valence-corrected chi connectivity index (χ3v) is 8.00. The molecule has 0 radical (unpaired) electrons. The molecule has 1 fully saturated rings. The molecule has 2 atom stereocenters. The highest BCUT2D eigenvalue weighted by Gasteiger charge is 2.34. The molecule has 0 aliphatic carbocycles. The van der Waals surface area contributed by atoms with Gasteiger partial charge < -0.3 is 29.9 Å². The van der Waals surface area contributed by atoms with E-state index in [2.05, 4.69) is 27.5 Å². The molecule has 16 heteroatoms. The molecule has 3 aromatic rings. The molecule has 44 heavy (non-hydrogen) atoms. The molecule has 1 saturated heterocycles. The number of carbonyl (C=O) groups excluding carboxylic acids is 1. The highest BCUT2D eigenvalue weighted by atomic mass is 32.2. The molecule has 2 aromatic carbocycles. The zero-order valence-electron chi connectivity index (χ0n) is 23.5. The number of methoxy groups -OCH3 is 1. The lowest BCUT2D eigenvalue weighted by Gasteiger charge is -2.34. The first-order chi connectivity index (χ1) is 20.7. The number of ether oxygens (including phenoxy) is 1. The number of anilines is 1. The summed E-state index contributed by atoms with van der Waals surface area (Å²) in [5, 5.41) is 24.5. The van der Waals surface area contributed by atoms with Crippen molar-refractivity contribution in [3.05, 3.63) is 47.8 Å². The van der Waals surface area contributed by atoms with Gasteiger partial charge in [-0.2, -0.15) is 18.4 Å². The Hall–Kier alpha value is -4.96. The van der Waals surface area contributed by atoms with Crippen LogP contribution in [0.4, 0.5) is 23.7 Å². The Kier molecular flexibility index (Phi) is 9.24. The second-order valence-electron chi connectivity index (χ2n) is 10.0. The van der Waals surface area contributed by atoms with Crippen LogP contribution in [0.5, 0.6) is 5.75 Å². The summed E-state index contributed by atoms with van der Waals surface area (Å²) in [6.45, 7) is -1.33. The number of benzene rings is 2. The van der Waals surface area contributed by atoms with Crippen molar-refractivity contribution in [1.82, 2.24) is 19.8 Å². The third kappa shape index (κ3) is 7.51. The summed E-state index contributed by atoms with van der Waals surface area (Å²) in [5.41, 5.74) is 0.626. The average molecular weight is 633 g/mol. The Bertz CT molecular complexity index is 1810. The number of nitriles is 1. The van der Waals surface area contributed by atoms with Crippen LogP contribution >= 0.6 is 0 Å². The number of halogens is 3. The number of hydrogen-bond donors (Lipinski definition) is 3. The first-order valence-electron chi connectivity index (χ1n) is 13.0. The number of hydrogen-bond acceptors (Lipinski definition) is 8. The smallest absolute Gasteiger partial charge is 0.407 e. The largest absolute Gasteiger partial charge is 0.495 e. The van der Waals surface area contributed by atoms with Crippen LogP contribution in [0.25, 0.3) is 11.0 Å². The van der Waals surface area contributed by atoms with Crippen molar-refractivity contribution in [2.45, 2.75) is 30.1 Å². The van der Waals surface area contributed by atoms with Gasteiger partial charge in [0.05, 0.1) is 53.6 Å². The zero-order valence-corrected chi connectivity index (χ0v) is 24.3. The summed E-state index contributed by atoms with van der Waals surface area (Å²) in [5.74, 6) is 4.38. The minimum atomic E-state index is -4.56. The number of nitrogens with zero attached hydrogens (tertiary/aromatic N) is 4. The SMILES string of the molecule is COc1cc(S(C)(=O)=O)ccc1NCC#Cc1cc(C(=O)NC2CCN(C(=O)O)CC2C#N)c2ncn(CC(F)(F)F)c2c1. The minimum absolute atomic E-state index is 0.00241. The van der Waals surface area contributed by atoms with E-state index in [0.29, 0.717) is 5.69 Å². The van der Waals surface area contributed by atoms with Crippen LogP contribution < -0.4 is 15.4 Å². The number of alkyl halides is 3. The second kappa shape index (κ2) is 12.7. The Balaban J connectivity index is 1.62. The van der Waals surface area contributed by atoms with E-state index in [1.54, 1.807) is 0 Å². The predicted octanol–water partition coefficient (Wildman–Crippen LogP) is 3.10. The maximum absolute atomic E-state index is 13.4. The van der Waals surface area contributed by atoms with Crippen LogP contribution in [0.2, 0.25) is 0 Å². The van der Waals surface area contributed by atoms with Crippen molar-refractivity contribution in [2.24, 2.45) is 5.92 Å². The van der Waals surface area contributed by atoms with E-state index in [1.165, 1.54) is 37.4 Å². The number of nitrogens with one attached hydrogen (secondary N) is 2. The molecule has 0 spiro atoms. The number of fused-ring (bicyclic) bond motifs is 1. The van der Waals surface area contributed by atoms with Gasteiger partial charge in [-0.05, 0) is 30.7 Å². The van der Waals surface area contributed by atoms with Crippen LogP contribution in [0, 0.1) is 29.1 Å².